The van der Waals surface area contributed by atoms with Crippen molar-refractivity contribution >= 4 is 23.0 Å². The summed E-state index contributed by atoms with van der Waals surface area (Å²) in [5.41, 5.74) is 1.93. The average Bonchev–Trinajstić information content (AvgIpc) is 2.54. The Bertz CT molecular complexity index is 632. The first-order chi connectivity index (χ1) is 10.6. The maximum Gasteiger partial charge on any atom is 0.171 e. The first kappa shape index (κ1) is 16.1. The maximum atomic E-state index is 5.41. The lowest BCUT2D eigenvalue weighted by molar-refractivity contribution is 0.395. The van der Waals surface area contributed by atoms with Crippen LogP contribution in [0, 0.1) is 0 Å². The largest absolute Gasteiger partial charge is 0.497 e. The number of nitrogens with one attached hydrogen (secondary N) is 2. The summed E-state index contributed by atoms with van der Waals surface area (Å²) in [6.07, 6.45) is 0. The van der Waals surface area contributed by atoms with Crippen molar-refractivity contribution in [1.82, 2.24) is 5.32 Å². The predicted molar refractivity (Wildman–Crippen MR) is 93.8 cm³/mol. The van der Waals surface area contributed by atoms with E-state index in [1.807, 2.05) is 55.5 Å². The molecule has 2 aromatic carbocycles. The molecule has 0 heterocycles. The highest BCUT2D eigenvalue weighted by Crippen LogP contribution is 2.29. The van der Waals surface area contributed by atoms with E-state index in [9.17, 15) is 0 Å². The van der Waals surface area contributed by atoms with Gasteiger partial charge in [0, 0.05) is 11.3 Å². The number of methoxy groups -OCH3 is 2. The Balaban J connectivity index is 2.08. The molecule has 116 valence electrons. The number of ether oxygens (including phenoxy) is 2. The van der Waals surface area contributed by atoms with Crippen molar-refractivity contribution in [3.63, 3.8) is 0 Å². The molecule has 0 spiro atoms. The number of rotatable bonds is 5. The van der Waals surface area contributed by atoms with Crippen molar-refractivity contribution < 1.29 is 9.47 Å². The molecule has 2 aromatic rings. The summed E-state index contributed by atoms with van der Waals surface area (Å²) < 4.78 is 10.7. The Morgan fingerprint density at radius 1 is 1.05 bits per heavy atom. The van der Waals surface area contributed by atoms with Crippen molar-refractivity contribution in [3.8, 4) is 11.5 Å². The third-order valence-electron chi connectivity index (χ3n) is 3.28. The number of benzene rings is 2. The van der Waals surface area contributed by atoms with Crippen LogP contribution in [-0.2, 0) is 0 Å². The second-order valence-corrected chi connectivity index (χ2v) is 5.20. The van der Waals surface area contributed by atoms with Crippen molar-refractivity contribution in [2.24, 2.45) is 0 Å². The molecule has 4 nitrogen and oxygen atoms in total. The van der Waals surface area contributed by atoms with Crippen molar-refractivity contribution in [1.29, 1.82) is 0 Å². The van der Waals surface area contributed by atoms with Crippen LogP contribution in [0.5, 0.6) is 11.5 Å². The minimum Gasteiger partial charge on any atom is -0.497 e. The maximum absolute atomic E-state index is 5.41. The fourth-order valence-corrected chi connectivity index (χ4v) is 2.44. The zero-order chi connectivity index (χ0) is 15.9. The van der Waals surface area contributed by atoms with Gasteiger partial charge in [-0.3, -0.25) is 0 Å². The fraction of sp³-hybridized carbons (Fsp3) is 0.235. The number of thiocarbonyl (C=S) groups is 1. The number of hydrogen-bond acceptors (Lipinski definition) is 3. The highest BCUT2D eigenvalue weighted by Gasteiger charge is 2.13. The Kier molecular flexibility index (Phi) is 5.61. The van der Waals surface area contributed by atoms with Crippen LogP contribution in [0.25, 0.3) is 0 Å². The Labute approximate surface area is 136 Å². The van der Waals surface area contributed by atoms with Gasteiger partial charge in [0.2, 0.25) is 0 Å². The lowest BCUT2D eigenvalue weighted by Crippen LogP contribution is -2.31. The third kappa shape index (κ3) is 4.11. The highest BCUT2D eigenvalue weighted by atomic mass is 32.1. The molecule has 0 saturated heterocycles. The number of para-hydroxylation sites is 1. The molecule has 2 rings (SSSR count). The van der Waals surface area contributed by atoms with Gasteiger partial charge in [-0.1, -0.05) is 18.2 Å². The van der Waals surface area contributed by atoms with Crippen LogP contribution in [0.4, 0.5) is 5.69 Å². The van der Waals surface area contributed by atoms with Crippen LogP contribution in [0.3, 0.4) is 0 Å². The van der Waals surface area contributed by atoms with E-state index in [-0.39, 0.29) is 6.04 Å². The van der Waals surface area contributed by atoms with E-state index in [4.69, 9.17) is 21.7 Å². The smallest absolute Gasteiger partial charge is 0.171 e. The summed E-state index contributed by atoms with van der Waals surface area (Å²) in [5.74, 6) is 1.58. The molecular weight excluding hydrogens is 296 g/mol. The summed E-state index contributed by atoms with van der Waals surface area (Å²) >= 11 is 5.36. The first-order valence-corrected chi connectivity index (χ1v) is 7.39. The van der Waals surface area contributed by atoms with Gasteiger partial charge in [0.15, 0.2) is 5.11 Å². The van der Waals surface area contributed by atoms with Crippen LogP contribution in [0.1, 0.15) is 18.5 Å². The quantitative estimate of drug-likeness (QED) is 0.822. The third-order valence-corrected chi connectivity index (χ3v) is 3.50. The standard InChI is InChI=1S/C17H20N2O2S/c1-12(15-11-14(20-2)9-10-16(15)21-3)18-17(22)19-13-7-5-4-6-8-13/h4-12H,1-3H3,(H2,18,19,22)/t12-/m1/s1. The van der Waals surface area contributed by atoms with E-state index in [1.165, 1.54) is 0 Å². The first-order valence-electron chi connectivity index (χ1n) is 6.98. The molecule has 0 aliphatic carbocycles. The molecule has 0 aromatic heterocycles. The molecule has 22 heavy (non-hydrogen) atoms. The molecule has 0 fully saturated rings. The second kappa shape index (κ2) is 7.66. The molecule has 0 saturated carbocycles. The molecule has 0 unspecified atom stereocenters. The SMILES string of the molecule is COc1ccc(OC)c([C@@H](C)NC(=S)Nc2ccccc2)c1. The van der Waals surface area contributed by atoms with Gasteiger partial charge < -0.3 is 20.1 Å². The van der Waals surface area contributed by atoms with Gasteiger partial charge in [-0.05, 0) is 49.5 Å². The van der Waals surface area contributed by atoms with Gasteiger partial charge in [0.1, 0.15) is 11.5 Å². The zero-order valence-corrected chi connectivity index (χ0v) is 13.7. The van der Waals surface area contributed by atoms with Crippen molar-refractivity contribution in [2.45, 2.75) is 13.0 Å². The van der Waals surface area contributed by atoms with Crippen molar-refractivity contribution in [3.05, 3.63) is 54.1 Å². The van der Waals surface area contributed by atoms with Crippen LogP contribution < -0.4 is 20.1 Å². The van der Waals surface area contributed by atoms with E-state index >= 15 is 0 Å². The number of hydrogen-bond donors (Lipinski definition) is 2. The lowest BCUT2D eigenvalue weighted by atomic mass is 10.1. The Morgan fingerprint density at radius 3 is 2.41 bits per heavy atom. The van der Waals surface area contributed by atoms with Gasteiger partial charge in [-0.25, -0.2) is 0 Å². The molecule has 5 heteroatoms. The van der Waals surface area contributed by atoms with Crippen molar-refractivity contribution in [2.75, 3.05) is 19.5 Å². The fourth-order valence-electron chi connectivity index (χ4n) is 2.14. The van der Waals surface area contributed by atoms with Gasteiger partial charge in [0.05, 0.1) is 20.3 Å². The molecular formula is C17H20N2O2S. The molecule has 0 bridgehead atoms. The van der Waals surface area contributed by atoms with Gasteiger partial charge in [-0.2, -0.15) is 0 Å². The minimum atomic E-state index is -0.0197. The normalized spacial score (nSPS) is 11.4. The van der Waals surface area contributed by atoms with Gasteiger partial charge >= 0.3 is 0 Å². The van der Waals surface area contributed by atoms with Crippen LogP contribution in [0.15, 0.2) is 48.5 Å². The zero-order valence-electron chi connectivity index (χ0n) is 12.9. The van der Waals surface area contributed by atoms with E-state index in [1.54, 1.807) is 14.2 Å². The van der Waals surface area contributed by atoms with Gasteiger partial charge in [0.25, 0.3) is 0 Å². The van der Waals surface area contributed by atoms with E-state index in [0.29, 0.717) is 5.11 Å². The molecule has 2 N–H and O–H groups in total. The molecule has 0 aliphatic heterocycles. The minimum absolute atomic E-state index is 0.0197. The van der Waals surface area contributed by atoms with Gasteiger partial charge in [-0.15, -0.1) is 0 Å². The van der Waals surface area contributed by atoms with E-state index < -0.39 is 0 Å². The van der Waals surface area contributed by atoms with Crippen LogP contribution >= 0.6 is 12.2 Å². The van der Waals surface area contributed by atoms with E-state index in [0.717, 1.165) is 22.7 Å². The summed E-state index contributed by atoms with van der Waals surface area (Å²) in [4.78, 5) is 0. The number of anilines is 1. The molecule has 0 radical (unpaired) electrons. The topological polar surface area (TPSA) is 42.5 Å². The second-order valence-electron chi connectivity index (χ2n) is 4.79. The molecule has 0 amide bonds. The lowest BCUT2D eigenvalue weighted by Gasteiger charge is -2.20. The van der Waals surface area contributed by atoms with E-state index in [2.05, 4.69) is 10.6 Å². The summed E-state index contributed by atoms with van der Waals surface area (Å²) in [5, 5.41) is 6.97. The Morgan fingerprint density at radius 2 is 1.77 bits per heavy atom. The monoisotopic (exact) mass is 316 g/mol. The predicted octanol–water partition coefficient (Wildman–Crippen LogP) is 3.75. The summed E-state index contributed by atoms with van der Waals surface area (Å²) in [6.45, 7) is 2.02. The highest BCUT2D eigenvalue weighted by molar-refractivity contribution is 7.80. The summed E-state index contributed by atoms with van der Waals surface area (Å²) in [6, 6.07) is 15.5. The molecule has 0 aliphatic rings. The van der Waals surface area contributed by atoms with Crippen LogP contribution in [-0.4, -0.2) is 19.3 Å². The Hall–Kier alpha value is -2.27. The molecule has 1 atom stereocenters. The van der Waals surface area contributed by atoms with Crippen LogP contribution in [0.2, 0.25) is 0 Å². The summed E-state index contributed by atoms with van der Waals surface area (Å²) in [7, 11) is 3.30. The average molecular weight is 316 g/mol.